The standard InChI is InChI=1S/C51H37F3N2O3S2/c1-32-21-22-34(35-23-25-47-44(28-35)40-17-9-11-19-46(40)56(47)37-15-7-4-8-16-37)27-42(32)43-30-39(59-61(57,58)51(52,53)54)31-48(33(43)2)55(36-13-5-3-6-14-36)38-24-26-50-45(29-38)41-18-10-12-20-49(41)60-50/h3-15,17-31,37H,16H2,1-2H3. The number of aryl methyl sites for hydroxylation is 1. The largest absolute Gasteiger partial charge is 0.534 e. The summed E-state index contributed by atoms with van der Waals surface area (Å²) in [5.41, 5.74) is 3.22. The first kappa shape index (κ1) is 38.6. The summed E-state index contributed by atoms with van der Waals surface area (Å²) in [7, 11) is -6.01. The van der Waals surface area contributed by atoms with Crippen LogP contribution in [0.2, 0.25) is 0 Å². The quantitative estimate of drug-likeness (QED) is 0.113. The highest BCUT2D eigenvalue weighted by atomic mass is 32.2. The molecule has 0 bridgehead atoms. The average molecular weight is 847 g/mol. The Morgan fingerprint density at radius 2 is 1.36 bits per heavy atom. The predicted octanol–water partition coefficient (Wildman–Crippen LogP) is 14.9. The fraction of sp³-hybridized carbons (Fsp3) is 0.0980. The van der Waals surface area contributed by atoms with Crippen molar-refractivity contribution < 1.29 is 25.8 Å². The van der Waals surface area contributed by atoms with Gasteiger partial charge >= 0.3 is 15.6 Å². The van der Waals surface area contributed by atoms with Crippen LogP contribution in [-0.2, 0) is 10.1 Å². The number of halogens is 3. The molecule has 9 aromatic rings. The van der Waals surface area contributed by atoms with E-state index in [-0.39, 0.29) is 6.04 Å². The molecular formula is C51H37F3N2O3S2. The molecule has 0 radical (unpaired) electrons. The molecule has 2 heterocycles. The second kappa shape index (κ2) is 14.8. The lowest BCUT2D eigenvalue weighted by atomic mass is 9.91. The third-order valence-electron chi connectivity index (χ3n) is 11.6. The van der Waals surface area contributed by atoms with Crippen molar-refractivity contribution in [2.45, 2.75) is 31.8 Å². The van der Waals surface area contributed by atoms with Crippen LogP contribution in [0.3, 0.4) is 0 Å². The molecule has 61 heavy (non-hydrogen) atoms. The highest BCUT2D eigenvalue weighted by molar-refractivity contribution is 7.88. The van der Waals surface area contributed by atoms with Crippen molar-refractivity contribution in [3.63, 3.8) is 0 Å². The second-order valence-electron chi connectivity index (χ2n) is 15.3. The first-order chi connectivity index (χ1) is 29.4. The molecule has 0 aliphatic heterocycles. The lowest BCUT2D eigenvalue weighted by molar-refractivity contribution is -0.0500. The molecule has 0 amide bonds. The number of thiophene rings is 1. The van der Waals surface area contributed by atoms with Gasteiger partial charge in [0, 0.05) is 59.4 Å². The van der Waals surface area contributed by atoms with Crippen molar-refractivity contribution in [3.05, 3.63) is 181 Å². The van der Waals surface area contributed by atoms with E-state index in [0.29, 0.717) is 16.8 Å². The summed E-state index contributed by atoms with van der Waals surface area (Å²) < 4.78 is 76.7. The molecule has 1 aliphatic rings. The SMILES string of the molecule is Cc1ccc(-c2ccc3c(c2)c2ccccc2n3C2C=CC=CC2)cc1-c1cc(OS(=O)(=O)C(F)(F)F)cc(N(c2ccccc2)c2ccc3sc4ccccc4c3c2)c1C. The molecule has 7 aromatic carbocycles. The number of rotatable bonds is 8. The van der Waals surface area contributed by atoms with Crippen molar-refractivity contribution in [2.75, 3.05) is 4.90 Å². The van der Waals surface area contributed by atoms with Gasteiger partial charge in [0.15, 0.2) is 0 Å². The minimum Gasteiger partial charge on any atom is -0.376 e. The molecule has 0 saturated heterocycles. The molecule has 0 saturated carbocycles. The van der Waals surface area contributed by atoms with Gasteiger partial charge in [-0.2, -0.15) is 21.6 Å². The number of benzene rings is 7. The van der Waals surface area contributed by atoms with E-state index < -0.39 is 21.4 Å². The number of para-hydroxylation sites is 2. The minimum absolute atomic E-state index is 0.180. The van der Waals surface area contributed by atoms with Gasteiger partial charge in [0.1, 0.15) is 5.75 Å². The Morgan fingerprint density at radius 1 is 0.656 bits per heavy atom. The van der Waals surface area contributed by atoms with Crippen LogP contribution in [0.15, 0.2) is 170 Å². The van der Waals surface area contributed by atoms with E-state index in [9.17, 15) is 21.6 Å². The zero-order chi connectivity index (χ0) is 42.0. The summed E-state index contributed by atoms with van der Waals surface area (Å²) in [5.74, 6) is -0.457. The number of fused-ring (bicyclic) bond motifs is 6. The predicted molar refractivity (Wildman–Crippen MR) is 245 cm³/mol. The molecular weight excluding hydrogens is 810 g/mol. The van der Waals surface area contributed by atoms with Gasteiger partial charge in [-0.3, -0.25) is 0 Å². The number of hydrogen-bond donors (Lipinski definition) is 0. The van der Waals surface area contributed by atoms with Crippen LogP contribution in [0.1, 0.15) is 23.6 Å². The molecule has 0 spiro atoms. The number of hydrogen-bond acceptors (Lipinski definition) is 5. The van der Waals surface area contributed by atoms with Gasteiger partial charge in [0.05, 0.1) is 11.7 Å². The molecule has 10 rings (SSSR count). The summed E-state index contributed by atoms with van der Waals surface area (Å²) in [5, 5.41) is 4.36. The fourth-order valence-corrected chi connectivity index (χ4v) is 10.2. The second-order valence-corrected chi connectivity index (χ2v) is 17.9. The summed E-state index contributed by atoms with van der Waals surface area (Å²) in [6, 6.07) is 47.6. The third kappa shape index (κ3) is 6.76. The van der Waals surface area contributed by atoms with Gasteiger partial charge in [-0.25, -0.2) is 0 Å². The lowest BCUT2D eigenvalue weighted by Crippen LogP contribution is -2.28. The van der Waals surface area contributed by atoms with E-state index in [1.807, 2.05) is 97.6 Å². The van der Waals surface area contributed by atoms with Crippen molar-refractivity contribution in [1.29, 1.82) is 0 Å². The molecule has 1 aliphatic carbocycles. The molecule has 302 valence electrons. The third-order valence-corrected chi connectivity index (χ3v) is 13.7. The van der Waals surface area contributed by atoms with Crippen LogP contribution in [-0.4, -0.2) is 18.5 Å². The van der Waals surface area contributed by atoms with E-state index in [2.05, 4.69) is 83.5 Å². The van der Waals surface area contributed by atoms with Gasteiger partial charge in [0.2, 0.25) is 0 Å². The van der Waals surface area contributed by atoms with E-state index in [0.717, 1.165) is 82.0 Å². The summed E-state index contributed by atoms with van der Waals surface area (Å²) in [6.45, 7) is 3.84. The van der Waals surface area contributed by atoms with Crippen molar-refractivity contribution >= 4 is 80.5 Å². The average Bonchev–Trinajstić information content (AvgIpc) is 3.80. The van der Waals surface area contributed by atoms with Gasteiger partial charge in [-0.05, 0) is 120 Å². The van der Waals surface area contributed by atoms with Crippen molar-refractivity contribution in [2.24, 2.45) is 0 Å². The Hall–Kier alpha value is -6.62. The Labute approximate surface area is 355 Å². The van der Waals surface area contributed by atoms with Crippen LogP contribution < -0.4 is 9.08 Å². The molecule has 10 heteroatoms. The smallest absolute Gasteiger partial charge is 0.376 e. The molecule has 1 atom stereocenters. The van der Waals surface area contributed by atoms with Gasteiger partial charge in [-0.15, -0.1) is 11.3 Å². The van der Waals surface area contributed by atoms with Crippen LogP contribution in [0, 0.1) is 13.8 Å². The highest BCUT2D eigenvalue weighted by Gasteiger charge is 2.48. The zero-order valence-corrected chi connectivity index (χ0v) is 34.7. The lowest BCUT2D eigenvalue weighted by Gasteiger charge is -2.29. The monoisotopic (exact) mass is 846 g/mol. The summed E-state index contributed by atoms with van der Waals surface area (Å²) >= 11 is 1.68. The van der Waals surface area contributed by atoms with E-state index in [1.54, 1.807) is 11.3 Å². The first-order valence-corrected chi connectivity index (χ1v) is 22.1. The normalized spacial score (nSPS) is 14.4. The number of allylic oxidation sites excluding steroid dienone is 4. The fourth-order valence-electron chi connectivity index (χ4n) is 8.66. The Kier molecular flexibility index (Phi) is 9.38. The Morgan fingerprint density at radius 3 is 2.15 bits per heavy atom. The van der Waals surface area contributed by atoms with Crippen molar-refractivity contribution in [3.8, 4) is 28.0 Å². The molecule has 2 aromatic heterocycles. The van der Waals surface area contributed by atoms with Gasteiger partial charge in [0.25, 0.3) is 0 Å². The number of nitrogens with zero attached hydrogens (tertiary/aromatic N) is 2. The highest BCUT2D eigenvalue weighted by Crippen LogP contribution is 2.47. The Balaban J connectivity index is 1.16. The van der Waals surface area contributed by atoms with Crippen LogP contribution in [0.5, 0.6) is 5.75 Å². The van der Waals surface area contributed by atoms with Crippen LogP contribution in [0.4, 0.5) is 30.2 Å². The molecule has 0 N–H and O–H groups in total. The van der Waals surface area contributed by atoms with Gasteiger partial charge in [-0.1, -0.05) is 97.1 Å². The van der Waals surface area contributed by atoms with Crippen LogP contribution in [0.25, 0.3) is 64.2 Å². The number of aromatic nitrogens is 1. The van der Waals surface area contributed by atoms with E-state index in [1.165, 1.54) is 12.1 Å². The zero-order valence-electron chi connectivity index (χ0n) is 33.0. The summed E-state index contributed by atoms with van der Waals surface area (Å²) in [4.78, 5) is 1.94. The molecule has 0 fully saturated rings. The maximum atomic E-state index is 13.9. The van der Waals surface area contributed by atoms with Gasteiger partial charge < -0.3 is 13.7 Å². The van der Waals surface area contributed by atoms with E-state index in [4.69, 9.17) is 4.18 Å². The van der Waals surface area contributed by atoms with E-state index >= 15 is 0 Å². The molecule has 5 nitrogen and oxygen atoms in total. The van der Waals surface area contributed by atoms with Crippen LogP contribution >= 0.6 is 11.3 Å². The molecule has 1 unspecified atom stereocenters. The number of alkyl halides is 3. The maximum absolute atomic E-state index is 13.9. The summed E-state index contributed by atoms with van der Waals surface area (Å²) in [6.07, 6.45) is 9.46. The minimum atomic E-state index is -6.01. The first-order valence-electron chi connectivity index (χ1n) is 19.8. The van der Waals surface area contributed by atoms with Crippen molar-refractivity contribution in [1.82, 2.24) is 4.57 Å². The topological polar surface area (TPSA) is 51.5 Å². The maximum Gasteiger partial charge on any atom is 0.534 e. The Bertz CT molecular complexity index is 3370. The number of anilines is 3.